The van der Waals surface area contributed by atoms with Gasteiger partial charge < -0.3 is 14.9 Å². The molecule has 0 aromatic carbocycles. The SMILES string of the molecule is CC(C)NCc1cn(Cc2nc3ccsc3c(=O)[nH]2)cn1. The average molecular weight is 303 g/mol. The van der Waals surface area contributed by atoms with E-state index in [1.807, 2.05) is 22.2 Å². The average Bonchev–Trinajstić information content (AvgIpc) is 3.05. The minimum absolute atomic E-state index is 0.0770. The predicted octanol–water partition coefficient (Wildman–Crippen LogP) is 1.73. The highest BCUT2D eigenvalue weighted by Crippen LogP contribution is 2.13. The smallest absolute Gasteiger partial charge is 0.268 e. The van der Waals surface area contributed by atoms with Gasteiger partial charge in [-0.25, -0.2) is 9.97 Å². The van der Waals surface area contributed by atoms with Crippen LogP contribution in [0.1, 0.15) is 25.4 Å². The first-order valence-corrected chi connectivity index (χ1v) is 7.70. The van der Waals surface area contributed by atoms with Crippen LogP contribution in [0.5, 0.6) is 0 Å². The van der Waals surface area contributed by atoms with Crippen LogP contribution < -0.4 is 10.9 Å². The Morgan fingerprint density at radius 3 is 3.14 bits per heavy atom. The van der Waals surface area contributed by atoms with Crippen LogP contribution >= 0.6 is 11.3 Å². The summed E-state index contributed by atoms with van der Waals surface area (Å²) in [5.41, 5.74) is 1.65. The van der Waals surface area contributed by atoms with Crippen LogP contribution in [0.3, 0.4) is 0 Å². The summed E-state index contributed by atoms with van der Waals surface area (Å²) >= 11 is 1.41. The Labute approximate surface area is 125 Å². The molecule has 3 aromatic rings. The van der Waals surface area contributed by atoms with Gasteiger partial charge in [-0.2, -0.15) is 0 Å². The predicted molar refractivity (Wildman–Crippen MR) is 83.5 cm³/mol. The van der Waals surface area contributed by atoms with Crippen molar-refractivity contribution in [2.75, 3.05) is 0 Å². The van der Waals surface area contributed by atoms with E-state index in [2.05, 4.69) is 34.1 Å². The van der Waals surface area contributed by atoms with Crippen LogP contribution in [0.4, 0.5) is 0 Å². The lowest BCUT2D eigenvalue weighted by Gasteiger charge is -2.05. The number of H-pyrrole nitrogens is 1. The van der Waals surface area contributed by atoms with Gasteiger partial charge in [0, 0.05) is 18.8 Å². The van der Waals surface area contributed by atoms with Gasteiger partial charge in [-0.3, -0.25) is 4.79 Å². The second-order valence-corrected chi connectivity index (χ2v) is 6.14. The standard InChI is InChI=1S/C14H17N5OS/c1-9(2)15-5-10-6-19(8-16-10)7-12-17-11-3-4-21-13(11)14(20)18-12/h3-4,6,8-9,15H,5,7H2,1-2H3,(H,17,18,20). The van der Waals surface area contributed by atoms with Gasteiger partial charge in [0.1, 0.15) is 10.5 Å². The van der Waals surface area contributed by atoms with Crippen molar-refractivity contribution in [3.05, 3.63) is 45.8 Å². The maximum Gasteiger partial charge on any atom is 0.268 e. The Hall–Kier alpha value is -1.99. The van der Waals surface area contributed by atoms with Crippen LogP contribution in [-0.2, 0) is 13.1 Å². The Morgan fingerprint density at radius 1 is 1.48 bits per heavy atom. The maximum atomic E-state index is 11.9. The number of hydrogen-bond acceptors (Lipinski definition) is 5. The number of aromatic nitrogens is 4. The molecule has 0 amide bonds. The van der Waals surface area contributed by atoms with Crippen LogP contribution in [0, 0.1) is 0 Å². The molecule has 0 aliphatic heterocycles. The first-order valence-electron chi connectivity index (χ1n) is 6.82. The number of fused-ring (bicyclic) bond motifs is 1. The van der Waals surface area contributed by atoms with Gasteiger partial charge >= 0.3 is 0 Å². The van der Waals surface area contributed by atoms with E-state index in [4.69, 9.17) is 0 Å². The Balaban J connectivity index is 1.77. The summed E-state index contributed by atoms with van der Waals surface area (Å²) in [6, 6.07) is 2.29. The Kier molecular flexibility index (Phi) is 3.85. The molecular weight excluding hydrogens is 286 g/mol. The van der Waals surface area contributed by atoms with Crippen molar-refractivity contribution in [1.82, 2.24) is 24.8 Å². The van der Waals surface area contributed by atoms with Gasteiger partial charge in [-0.15, -0.1) is 11.3 Å². The summed E-state index contributed by atoms with van der Waals surface area (Å²) in [6.07, 6.45) is 3.72. The third-order valence-electron chi connectivity index (χ3n) is 3.07. The molecule has 0 saturated heterocycles. The molecule has 3 heterocycles. The Morgan fingerprint density at radius 2 is 2.33 bits per heavy atom. The van der Waals surface area contributed by atoms with Crippen molar-refractivity contribution in [2.24, 2.45) is 0 Å². The summed E-state index contributed by atoms with van der Waals surface area (Å²) in [5.74, 6) is 0.645. The Bertz CT molecular complexity index is 801. The van der Waals surface area contributed by atoms with Crippen LogP contribution in [0.15, 0.2) is 28.8 Å². The third-order valence-corrected chi connectivity index (χ3v) is 3.98. The van der Waals surface area contributed by atoms with Gasteiger partial charge in [0.05, 0.1) is 24.1 Å². The molecule has 0 fully saturated rings. The first kappa shape index (κ1) is 14.0. The van der Waals surface area contributed by atoms with Gasteiger partial charge in [0.25, 0.3) is 5.56 Å². The molecule has 110 valence electrons. The molecule has 3 aromatic heterocycles. The van der Waals surface area contributed by atoms with E-state index in [0.717, 1.165) is 17.8 Å². The van der Waals surface area contributed by atoms with E-state index in [-0.39, 0.29) is 5.56 Å². The van der Waals surface area contributed by atoms with Crippen molar-refractivity contribution in [1.29, 1.82) is 0 Å². The number of imidazole rings is 1. The highest BCUT2D eigenvalue weighted by molar-refractivity contribution is 7.17. The molecular formula is C14H17N5OS. The van der Waals surface area contributed by atoms with E-state index < -0.39 is 0 Å². The molecule has 0 aliphatic carbocycles. The zero-order valence-corrected chi connectivity index (χ0v) is 12.8. The molecule has 0 saturated carbocycles. The second-order valence-electron chi connectivity index (χ2n) is 5.22. The molecule has 0 atom stereocenters. The molecule has 0 radical (unpaired) electrons. The first-order chi connectivity index (χ1) is 10.1. The van der Waals surface area contributed by atoms with Crippen LogP contribution in [0.2, 0.25) is 0 Å². The van der Waals surface area contributed by atoms with Gasteiger partial charge in [-0.1, -0.05) is 13.8 Å². The summed E-state index contributed by atoms with van der Waals surface area (Å²) in [6.45, 7) is 5.44. The summed E-state index contributed by atoms with van der Waals surface area (Å²) in [4.78, 5) is 23.5. The lowest BCUT2D eigenvalue weighted by molar-refractivity contribution is 0.582. The molecule has 7 heteroatoms. The van der Waals surface area contributed by atoms with Gasteiger partial charge in [0.15, 0.2) is 0 Å². The molecule has 3 rings (SSSR count). The van der Waals surface area contributed by atoms with Gasteiger partial charge in [0.2, 0.25) is 0 Å². The number of thiophene rings is 1. The van der Waals surface area contributed by atoms with E-state index >= 15 is 0 Å². The molecule has 0 aliphatic rings. The monoisotopic (exact) mass is 303 g/mol. The van der Waals surface area contributed by atoms with Crippen molar-refractivity contribution in [3.8, 4) is 0 Å². The van der Waals surface area contributed by atoms with Crippen LogP contribution in [-0.4, -0.2) is 25.6 Å². The van der Waals surface area contributed by atoms with Gasteiger partial charge in [-0.05, 0) is 11.4 Å². The maximum absolute atomic E-state index is 11.9. The molecule has 0 bridgehead atoms. The molecule has 0 unspecified atom stereocenters. The summed E-state index contributed by atoms with van der Waals surface area (Å²) < 4.78 is 2.60. The quantitative estimate of drug-likeness (QED) is 0.752. The van der Waals surface area contributed by atoms with Crippen molar-refractivity contribution < 1.29 is 0 Å². The number of aromatic amines is 1. The minimum atomic E-state index is -0.0770. The van der Waals surface area contributed by atoms with Crippen molar-refractivity contribution in [2.45, 2.75) is 33.0 Å². The molecule has 6 nitrogen and oxygen atoms in total. The minimum Gasteiger partial charge on any atom is -0.330 e. The largest absolute Gasteiger partial charge is 0.330 e. The van der Waals surface area contributed by atoms with E-state index in [0.29, 0.717) is 23.1 Å². The fourth-order valence-corrected chi connectivity index (χ4v) is 2.79. The van der Waals surface area contributed by atoms with E-state index in [1.54, 1.807) is 6.33 Å². The molecule has 0 spiro atoms. The van der Waals surface area contributed by atoms with Crippen molar-refractivity contribution >= 4 is 21.6 Å². The highest BCUT2D eigenvalue weighted by atomic mass is 32.1. The van der Waals surface area contributed by atoms with E-state index in [1.165, 1.54) is 11.3 Å². The zero-order chi connectivity index (χ0) is 14.8. The zero-order valence-electron chi connectivity index (χ0n) is 12.0. The fourth-order valence-electron chi connectivity index (χ4n) is 2.06. The summed E-state index contributed by atoms with van der Waals surface area (Å²) in [5, 5.41) is 5.20. The topological polar surface area (TPSA) is 75.6 Å². The second kappa shape index (κ2) is 5.79. The molecule has 21 heavy (non-hydrogen) atoms. The normalized spacial score (nSPS) is 11.6. The number of nitrogens with one attached hydrogen (secondary N) is 2. The highest BCUT2D eigenvalue weighted by Gasteiger charge is 2.06. The number of nitrogens with zero attached hydrogens (tertiary/aromatic N) is 3. The third kappa shape index (κ3) is 3.20. The summed E-state index contributed by atoms with van der Waals surface area (Å²) in [7, 11) is 0. The number of hydrogen-bond donors (Lipinski definition) is 2. The molecule has 2 N–H and O–H groups in total. The fraction of sp³-hybridized carbons (Fsp3) is 0.357. The lowest BCUT2D eigenvalue weighted by Crippen LogP contribution is -2.21. The number of rotatable bonds is 5. The van der Waals surface area contributed by atoms with Crippen molar-refractivity contribution in [3.63, 3.8) is 0 Å². The lowest BCUT2D eigenvalue weighted by atomic mass is 10.3. The van der Waals surface area contributed by atoms with Crippen LogP contribution in [0.25, 0.3) is 10.2 Å². The van der Waals surface area contributed by atoms with E-state index in [9.17, 15) is 4.79 Å².